The van der Waals surface area contributed by atoms with E-state index in [1.807, 2.05) is 36.5 Å². The van der Waals surface area contributed by atoms with Gasteiger partial charge >= 0.3 is 0 Å². The molecule has 0 saturated heterocycles. The Kier molecular flexibility index (Phi) is 4.72. The molecule has 0 spiro atoms. The number of carbonyl (C=O) groups excluding carboxylic acids is 1. The van der Waals surface area contributed by atoms with Gasteiger partial charge in [-0.2, -0.15) is 10.2 Å². The number of aromatic nitrogens is 4. The van der Waals surface area contributed by atoms with Gasteiger partial charge in [-0.05, 0) is 31.2 Å². The molecule has 0 atom stereocenters. The Labute approximate surface area is 161 Å². The van der Waals surface area contributed by atoms with E-state index in [4.69, 9.17) is 0 Å². The second-order valence-electron chi connectivity index (χ2n) is 6.32. The van der Waals surface area contributed by atoms with Crippen molar-refractivity contribution in [3.8, 4) is 11.4 Å². The Morgan fingerprint density at radius 1 is 1.04 bits per heavy atom. The molecule has 0 bridgehead atoms. The summed E-state index contributed by atoms with van der Waals surface area (Å²) in [6.07, 6.45) is 5.03. The number of para-hydroxylation sites is 2. The first-order valence-corrected chi connectivity index (χ1v) is 8.80. The van der Waals surface area contributed by atoms with Crippen molar-refractivity contribution in [2.45, 2.75) is 13.5 Å². The SMILES string of the molecule is Cc1c(C(=O)NCc2cnn(-c3ccccc3)c2)cnn1-c1ccccc1F. The molecule has 28 heavy (non-hydrogen) atoms. The Hall–Kier alpha value is -3.74. The van der Waals surface area contributed by atoms with Crippen LogP contribution in [0.1, 0.15) is 21.6 Å². The molecule has 0 unspecified atom stereocenters. The quantitative estimate of drug-likeness (QED) is 0.581. The van der Waals surface area contributed by atoms with Crippen molar-refractivity contribution >= 4 is 5.91 Å². The largest absolute Gasteiger partial charge is 0.348 e. The van der Waals surface area contributed by atoms with Gasteiger partial charge in [0.1, 0.15) is 11.5 Å². The van der Waals surface area contributed by atoms with Crippen LogP contribution in [-0.2, 0) is 6.54 Å². The van der Waals surface area contributed by atoms with Gasteiger partial charge in [0.05, 0.1) is 29.3 Å². The Morgan fingerprint density at radius 2 is 1.79 bits per heavy atom. The molecular formula is C21H18FN5O. The van der Waals surface area contributed by atoms with E-state index in [0.29, 0.717) is 23.5 Å². The molecule has 7 heteroatoms. The zero-order valence-corrected chi connectivity index (χ0v) is 15.2. The van der Waals surface area contributed by atoms with Gasteiger partial charge in [-0.1, -0.05) is 30.3 Å². The van der Waals surface area contributed by atoms with Crippen molar-refractivity contribution < 1.29 is 9.18 Å². The summed E-state index contributed by atoms with van der Waals surface area (Å²) >= 11 is 0. The average Bonchev–Trinajstić information content (AvgIpc) is 3.34. The summed E-state index contributed by atoms with van der Waals surface area (Å²) in [5.74, 6) is -0.665. The predicted octanol–water partition coefficient (Wildman–Crippen LogP) is 3.44. The minimum absolute atomic E-state index is 0.271. The molecule has 0 aliphatic heterocycles. The number of amides is 1. The lowest BCUT2D eigenvalue weighted by molar-refractivity contribution is 0.0950. The highest BCUT2D eigenvalue weighted by Crippen LogP contribution is 2.17. The molecule has 2 aromatic carbocycles. The van der Waals surface area contributed by atoms with Crippen molar-refractivity contribution in [3.63, 3.8) is 0 Å². The third kappa shape index (κ3) is 3.42. The van der Waals surface area contributed by atoms with Crippen molar-refractivity contribution in [1.29, 1.82) is 0 Å². The van der Waals surface area contributed by atoms with Gasteiger partial charge < -0.3 is 5.32 Å². The highest BCUT2D eigenvalue weighted by atomic mass is 19.1. The highest BCUT2D eigenvalue weighted by molar-refractivity contribution is 5.95. The van der Waals surface area contributed by atoms with E-state index < -0.39 is 5.82 Å². The molecule has 6 nitrogen and oxygen atoms in total. The van der Waals surface area contributed by atoms with Crippen LogP contribution < -0.4 is 5.32 Å². The summed E-state index contributed by atoms with van der Waals surface area (Å²) < 4.78 is 17.2. The smallest absolute Gasteiger partial charge is 0.255 e. The van der Waals surface area contributed by atoms with Crippen LogP contribution in [0.3, 0.4) is 0 Å². The number of nitrogens with zero attached hydrogens (tertiary/aromatic N) is 4. The molecule has 0 aliphatic carbocycles. The van der Waals surface area contributed by atoms with Crippen LogP contribution >= 0.6 is 0 Å². The van der Waals surface area contributed by atoms with Crippen LogP contribution in [0, 0.1) is 12.7 Å². The molecule has 2 aromatic heterocycles. The number of nitrogens with one attached hydrogen (secondary N) is 1. The summed E-state index contributed by atoms with van der Waals surface area (Å²) in [5, 5.41) is 11.3. The standard InChI is InChI=1S/C21H18FN5O/c1-15-18(13-25-27(15)20-10-6-5-9-19(20)22)21(28)23-11-16-12-24-26(14-16)17-7-3-2-4-8-17/h2-10,12-14H,11H2,1H3,(H,23,28). The van der Waals surface area contributed by atoms with Crippen molar-refractivity contribution in [1.82, 2.24) is 24.9 Å². The minimum atomic E-state index is -0.394. The number of benzene rings is 2. The summed E-state index contributed by atoms with van der Waals surface area (Å²) in [4.78, 5) is 12.6. The molecule has 140 valence electrons. The van der Waals surface area contributed by atoms with E-state index in [0.717, 1.165) is 11.3 Å². The summed E-state index contributed by atoms with van der Waals surface area (Å²) in [7, 11) is 0. The summed E-state index contributed by atoms with van der Waals surface area (Å²) in [6, 6.07) is 16.0. The summed E-state index contributed by atoms with van der Waals surface area (Å²) in [6.45, 7) is 2.07. The van der Waals surface area contributed by atoms with Gasteiger partial charge in [0.2, 0.25) is 0 Å². The van der Waals surface area contributed by atoms with Crippen LogP contribution in [0.5, 0.6) is 0 Å². The lowest BCUT2D eigenvalue weighted by atomic mass is 10.2. The first-order chi connectivity index (χ1) is 13.6. The summed E-state index contributed by atoms with van der Waals surface area (Å²) in [5.41, 5.74) is 3.10. The van der Waals surface area contributed by atoms with Gasteiger partial charge in [0.15, 0.2) is 0 Å². The van der Waals surface area contributed by atoms with E-state index in [1.165, 1.54) is 16.9 Å². The van der Waals surface area contributed by atoms with Crippen LogP contribution in [0.15, 0.2) is 73.2 Å². The maximum Gasteiger partial charge on any atom is 0.255 e. The fraction of sp³-hybridized carbons (Fsp3) is 0.0952. The van der Waals surface area contributed by atoms with E-state index in [1.54, 1.807) is 36.0 Å². The molecule has 2 heterocycles. The maximum atomic E-state index is 14.0. The normalized spacial score (nSPS) is 10.8. The van der Waals surface area contributed by atoms with Crippen molar-refractivity contribution in [3.05, 3.63) is 95.8 Å². The molecule has 0 saturated carbocycles. The van der Waals surface area contributed by atoms with E-state index in [2.05, 4.69) is 15.5 Å². The third-order valence-electron chi connectivity index (χ3n) is 4.44. The zero-order chi connectivity index (χ0) is 19.5. The number of hydrogen-bond donors (Lipinski definition) is 1. The fourth-order valence-electron chi connectivity index (χ4n) is 2.95. The predicted molar refractivity (Wildman–Crippen MR) is 103 cm³/mol. The van der Waals surface area contributed by atoms with Gasteiger partial charge in [0.25, 0.3) is 5.91 Å². The highest BCUT2D eigenvalue weighted by Gasteiger charge is 2.16. The molecule has 4 aromatic rings. The molecule has 1 N–H and O–H groups in total. The minimum Gasteiger partial charge on any atom is -0.348 e. The number of halogens is 1. The monoisotopic (exact) mass is 375 g/mol. The zero-order valence-electron chi connectivity index (χ0n) is 15.2. The third-order valence-corrected chi connectivity index (χ3v) is 4.44. The second-order valence-corrected chi connectivity index (χ2v) is 6.32. The van der Waals surface area contributed by atoms with Crippen LogP contribution in [0.2, 0.25) is 0 Å². The van der Waals surface area contributed by atoms with Crippen molar-refractivity contribution in [2.24, 2.45) is 0 Å². The molecule has 0 fully saturated rings. The van der Waals surface area contributed by atoms with Gasteiger partial charge in [-0.3, -0.25) is 4.79 Å². The Balaban J connectivity index is 1.47. The molecule has 0 radical (unpaired) electrons. The van der Waals surface area contributed by atoms with Crippen LogP contribution in [-0.4, -0.2) is 25.5 Å². The van der Waals surface area contributed by atoms with Crippen molar-refractivity contribution in [2.75, 3.05) is 0 Å². The molecule has 4 rings (SSSR count). The van der Waals surface area contributed by atoms with Gasteiger partial charge in [-0.25, -0.2) is 13.8 Å². The number of hydrogen-bond acceptors (Lipinski definition) is 3. The Bertz CT molecular complexity index is 1120. The van der Waals surface area contributed by atoms with Crippen LogP contribution in [0.4, 0.5) is 4.39 Å². The lowest BCUT2D eigenvalue weighted by Crippen LogP contribution is -2.23. The van der Waals surface area contributed by atoms with Gasteiger partial charge in [-0.15, -0.1) is 0 Å². The fourth-order valence-corrected chi connectivity index (χ4v) is 2.95. The van der Waals surface area contributed by atoms with Crippen LogP contribution in [0.25, 0.3) is 11.4 Å². The first-order valence-electron chi connectivity index (χ1n) is 8.80. The topological polar surface area (TPSA) is 64.7 Å². The van der Waals surface area contributed by atoms with Gasteiger partial charge in [0, 0.05) is 18.3 Å². The lowest BCUT2D eigenvalue weighted by Gasteiger charge is -2.07. The first kappa shape index (κ1) is 17.7. The number of rotatable bonds is 5. The maximum absolute atomic E-state index is 14.0. The second kappa shape index (κ2) is 7.48. The van der Waals surface area contributed by atoms with E-state index in [9.17, 15) is 9.18 Å². The van der Waals surface area contributed by atoms with E-state index in [-0.39, 0.29) is 5.91 Å². The molecule has 0 aliphatic rings. The molecular weight excluding hydrogens is 357 g/mol. The number of carbonyl (C=O) groups is 1. The Morgan fingerprint density at radius 3 is 2.57 bits per heavy atom. The molecule has 1 amide bonds. The average molecular weight is 375 g/mol. The van der Waals surface area contributed by atoms with E-state index >= 15 is 0 Å².